The predicted molar refractivity (Wildman–Crippen MR) is 81.6 cm³/mol. The lowest BCUT2D eigenvalue weighted by molar-refractivity contribution is 0.389. The molecular formula is C13H16BrN3O2S. The Morgan fingerprint density at radius 2 is 2.10 bits per heavy atom. The molecule has 0 bridgehead atoms. The van der Waals surface area contributed by atoms with Gasteiger partial charge in [-0.3, -0.25) is 0 Å². The number of sulfonamides is 1. The minimum atomic E-state index is -3.25. The first kappa shape index (κ1) is 15.2. The summed E-state index contributed by atoms with van der Waals surface area (Å²) in [6.45, 7) is 1.35. The number of benzene rings is 1. The summed E-state index contributed by atoms with van der Waals surface area (Å²) in [4.78, 5) is 3.95. The molecule has 0 aliphatic carbocycles. The number of hydrogen-bond donors (Lipinski definition) is 0. The zero-order chi connectivity index (χ0) is 14.6. The molecular weight excluding hydrogens is 342 g/mol. The van der Waals surface area contributed by atoms with E-state index in [2.05, 4.69) is 20.9 Å². The van der Waals surface area contributed by atoms with Crippen molar-refractivity contribution in [3.8, 4) is 0 Å². The molecule has 0 spiro atoms. The maximum Gasteiger partial charge on any atom is 0.211 e. The van der Waals surface area contributed by atoms with Gasteiger partial charge in [0.2, 0.25) is 10.0 Å². The van der Waals surface area contributed by atoms with Crippen LogP contribution in [0.2, 0.25) is 0 Å². The number of hydrogen-bond acceptors (Lipinski definition) is 3. The topological polar surface area (TPSA) is 55.2 Å². The summed E-state index contributed by atoms with van der Waals surface area (Å²) in [6.07, 6.45) is 6.41. The minimum Gasteiger partial charge on any atom is -0.336 e. The molecule has 0 saturated carbocycles. The zero-order valence-electron chi connectivity index (χ0n) is 11.1. The molecule has 0 unspecified atom stereocenters. The van der Waals surface area contributed by atoms with E-state index in [-0.39, 0.29) is 0 Å². The maximum atomic E-state index is 11.9. The van der Waals surface area contributed by atoms with Crippen LogP contribution in [0, 0.1) is 0 Å². The molecule has 0 radical (unpaired) electrons. The lowest BCUT2D eigenvalue weighted by Gasteiger charge is -2.20. The first-order valence-corrected chi connectivity index (χ1v) is 8.75. The van der Waals surface area contributed by atoms with E-state index in [1.807, 2.05) is 35.0 Å². The van der Waals surface area contributed by atoms with E-state index >= 15 is 0 Å². The third-order valence-electron chi connectivity index (χ3n) is 2.94. The highest BCUT2D eigenvalue weighted by Gasteiger charge is 2.17. The number of rotatable bonds is 6. The van der Waals surface area contributed by atoms with Crippen LogP contribution in [0.5, 0.6) is 0 Å². The van der Waals surface area contributed by atoms with Gasteiger partial charge in [-0.15, -0.1) is 0 Å². The van der Waals surface area contributed by atoms with Crippen LogP contribution in [0.1, 0.15) is 5.56 Å². The molecule has 1 aromatic carbocycles. The van der Waals surface area contributed by atoms with Gasteiger partial charge in [0.25, 0.3) is 0 Å². The van der Waals surface area contributed by atoms with E-state index in [1.165, 1.54) is 10.6 Å². The summed E-state index contributed by atoms with van der Waals surface area (Å²) in [5, 5.41) is 0. The van der Waals surface area contributed by atoms with Crippen LogP contribution < -0.4 is 0 Å². The summed E-state index contributed by atoms with van der Waals surface area (Å²) >= 11 is 3.44. The first-order chi connectivity index (χ1) is 9.47. The van der Waals surface area contributed by atoms with Gasteiger partial charge in [0.1, 0.15) is 0 Å². The Morgan fingerprint density at radius 1 is 1.35 bits per heavy atom. The second-order valence-corrected chi connectivity index (χ2v) is 7.33. The molecule has 0 fully saturated rings. The van der Waals surface area contributed by atoms with Crippen LogP contribution in [-0.2, 0) is 23.1 Å². The Kier molecular flexibility index (Phi) is 4.95. The highest BCUT2D eigenvalue weighted by molar-refractivity contribution is 9.10. The molecule has 0 aliphatic rings. The van der Waals surface area contributed by atoms with Crippen LogP contribution in [-0.4, -0.2) is 35.1 Å². The van der Waals surface area contributed by atoms with Crippen LogP contribution in [0.4, 0.5) is 0 Å². The molecule has 7 heteroatoms. The number of aromatic nitrogens is 2. The van der Waals surface area contributed by atoms with Gasteiger partial charge in [0.05, 0.1) is 12.6 Å². The minimum absolute atomic E-state index is 0.356. The van der Waals surface area contributed by atoms with Crippen LogP contribution in [0.3, 0.4) is 0 Å². The SMILES string of the molecule is CS(=O)(=O)N(CCn1ccnc1)Cc1ccccc1Br. The van der Waals surface area contributed by atoms with Crippen molar-refractivity contribution >= 4 is 26.0 Å². The third kappa shape index (κ3) is 4.16. The van der Waals surface area contributed by atoms with Gasteiger partial charge in [0, 0.05) is 36.5 Å². The monoisotopic (exact) mass is 357 g/mol. The average Bonchev–Trinajstić information content (AvgIpc) is 2.88. The van der Waals surface area contributed by atoms with E-state index in [0.29, 0.717) is 19.6 Å². The summed E-state index contributed by atoms with van der Waals surface area (Å²) < 4.78 is 28.0. The van der Waals surface area contributed by atoms with Crippen LogP contribution >= 0.6 is 15.9 Å². The largest absolute Gasteiger partial charge is 0.336 e. The smallest absolute Gasteiger partial charge is 0.211 e. The highest BCUT2D eigenvalue weighted by Crippen LogP contribution is 2.19. The molecule has 0 N–H and O–H groups in total. The number of nitrogens with zero attached hydrogens (tertiary/aromatic N) is 3. The van der Waals surface area contributed by atoms with Crippen molar-refractivity contribution in [2.45, 2.75) is 13.1 Å². The maximum absolute atomic E-state index is 11.9. The van der Waals surface area contributed by atoms with Gasteiger partial charge >= 0.3 is 0 Å². The quantitative estimate of drug-likeness (QED) is 0.795. The van der Waals surface area contributed by atoms with Gasteiger partial charge in [0.15, 0.2) is 0 Å². The molecule has 20 heavy (non-hydrogen) atoms. The van der Waals surface area contributed by atoms with Crippen molar-refractivity contribution in [3.63, 3.8) is 0 Å². The lowest BCUT2D eigenvalue weighted by atomic mass is 10.2. The summed E-state index contributed by atoms with van der Waals surface area (Å²) in [6, 6.07) is 7.63. The van der Waals surface area contributed by atoms with Gasteiger partial charge in [-0.25, -0.2) is 13.4 Å². The highest BCUT2D eigenvalue weighted by atomic mass is 79.9. The average molecular weight is 358 g/mol. The fourth-order valence-corrected chi connectivity index (χ4v) is 3.02. The zero-order valence-corrected chi connectivity index (χ0v) is 13.5. The van der Waals surface area contributed by atoms with Gasteiger partial charge in [-0.05, 0) is 11.6 Å². The molecule has 1 heterocycles. The molecule has 108 valence electrons. The Labute approximate surface area is 127 Å². The molecule has 1 aromatic heterocycles. The molecule has 5 nitrogen and oxygen atoms in total. The Bertz CT molecular complexity index is 656. The normalized spacial score (nSPS) is 11.9. The van der Waals surface area contributed by atoms with Crippen LogP contribution in [0.25, 0.3) is 0 Å². The fraction of sp³-hybridized carbons (Fsp3) is 0.308. The fourth-order valence-electron chi connectivity index (χ4n) is 1.82. The van der Waals surface area contributed by atoms with Crippen molar-refractivity contribution in [1.29, 1.82) is 0 Å². The van der Waals surface area contributed by atoms with Crippen molar-refractivity contribution in [2.75, 3.05) is 12.8 Å². The molecule has 2 rings (SSSR count). The Hall–Kier alpha value is -1.18. The molecule has 0 saturated heterocycles. The summed E-state index contributed by atoms with van der Waals surface area (Å²) in [7, 11) is -3.25. The van der Waals surface area contributed by atoms with Crippen molar-refractivity contribution in [3.05, 3.63) is 53.0 Å². The van der Waals surface area contributed by atoms with E-state index in [0.717, 1.165) is 10.0 Å². The molecule has 2 aromatic rings. The lowest BCUT2D eigenvalue weighted by Crippen LogP contribution is -2.32. The molecule has 0 atom stereocenters. The van der Waals surface area contributed by atoms with Crippen molar-refractivity contribution in [1.82, 2.24) is 13.9 Å². The Morgan fingerprint density at radius 3 is 2.70 bits per heavy atom. The third-order valence-corrected chi connectivity index (χ3v) is 4.96. The van der Waals surface area contributed by atoms with Crippen molar-refractivity contribution < 1.29 is 8.42 Å². The first-order valence-electron chi connectivity index (χ1n) is 6.11. The number of halogens is 1. The predicted octanol–water partition coefficient (Wildman–Crippen LogP) is 2.11. The van der Waals surface area contributed by atoms with Crippen molar-refractivity contribution in [2.24, 2.45) is 0 Å². The molecule has 0 aliphatic heterocycles. The van der Waals surface area contributed by atoms with E-state index < -0.39 is 10.0 Å². The van der Waals surface area contributed by atoms with Gasteiger partial charge in [-0.1, -0.05) is 34.1 Å². The van der Waals surface area contributed by atoms with Gasteiger partial charge < -0.3 is 4.57 Å². The second-order valence-electron chi connectivity index (χ2n) is 4.49. The van der Waals surface area contributed by atoms with Crippen LogP contribution in [0.15, 0.2) is 47.5 Å². The number of imidazole rings is 1. The standard InChI is InChI=1S/C13H16BrN3O2S/c1-20(18,19)17(9-8-16-7-6-15-11-16)10-12-4-2-3-5-13(12)14/h2-7,11H,8-10H2,1H3. The van der Waals surface area contributed by atoms with E-state index in [4.69, 9.17) is 0 Å². The second kappa shape index (κ2) is 6.51. The van der Waals surface area contributed by atoms with Gasteiger partial charge in [-0.2, -0.15) is 4.31 Å². The molecule has 0 amide bonds. The summed E-state index contributed by atoms with van der Waals surface area (Å²) in [5.41, 5.74) is 0.948. The van der Waals surface area contributed by atoms with E-state index in [1.54, 1.807) is 12.5 Å². The van der Waals surface area contributed by atoms with E-state index in [9.17, 15) is 8.42 Å². The Balaban J connectivity index is 2.10. The summed E-state index contributed by atoms with van der Waals surface area (Å²) in [5.74, 6) is 0.